The minimum atomic E-state index is 0.318. The van der Waals surface area contributed by atoms with Gasteiger partial charge < -0.3 is 9.80 Å². The Labute approximate surface area is 178 Å². The number of aryl methyl sites for hydroxylation is 1. The molecule has 2 fully saturated rings. The van der Waals surface area contributed by atoms with Crippen molar-refractivity contribution >= 4 is 5.91 Å². The molecule has 0 aliphatic carbocycles. The zero-order chi connectivity index (χ0) is 20.6. The normalized spacial score (nSPS) is 18.2. The van der Waals surface area contributed by atoms with Crippen LogP contribution in [0.4, 0.5) is 0 Å². The summed E-state index contributed by atoms with van der Waals surface area (Å²) in [6.07, 6.45) is 5.75. The van der Waals surface area contributed by atoms with Gasteiger partial charge in [0.25, 0.3) is 0 Å². The number of hydrogen-bond acceptors (Lipinski definition) is 6. The minimum absolute atomic E-state index is 0.318. The van der Waals surface area contributed by atoms with Gasteiger partial charge in [-0.3, -0.25) is 9.69 Å². The number of rotatable bonds is 9. The molecule has 1 amide bonds. The molecule has 8 nitrogen and oxygen atoms in total. The molecule has 0 bridgehead atoms. The van der Waals surface area contributed by atoms with Crippen LogP contribution < -0.4 is 0 Å². The van der Waals surface area contributed by atoms with E-state index in [2.05, 4.69) is 25.2 Å². The molecule has 2 aromatic rings. The molecule has 3 heterocycles. The van der Waals surface area contributed by atoms with Crippen molar-refractivity contribution in [3.8, 4) is 11.4 Å². The van der Waals surface area contributed by atoms with E-state index in [0.29, 0.717) is 18.3 Å². The fourth-order valence-corrected chi connectivity index (χ4v) is 4.23. The Morgan fingerprint density at radius 1 is 0.833 bits per heavy atom. The fraction of sp³-hybridized carbons (Fsp3) is 0.636. The van der Waals surface area contributed by atoms with E-state index in [0.717, 1.165) is 70.8 Å². The lowest BCUT2D eigenvalue weighted by Gasteiger charge is -2.35. The van der Waals surface area contributed by atoms with Crippen LogP contribution in [-0.2, 0) is 11.3 Å². The fourth-order valence-electron chi connectivity index (χ4n) is 4.23. The first kappa shape index (κ1) is 20.9. The van der Waals surface area contributed by atoms with Gasteiger partial charge in [-0.15, -0.1) is 10.2 Å². The second-order valence-electron chi connectivity index (χ2n) is 8.34. The van der Waals surface area contributed by atoms with Crippen molar-refractivity contribution in [3.63, 3.8) is 0 Å². The molecule has 2 aliphatic heterocycles. The van der Waals surface area contributed by atoms with Gasteiger partial charge in [0, 0.05) is 44.8 Å². The molecule has 0 radical (unpaired) electrons. The number of carbonyl (C=O) groups excluding carboxylic acids is 1. The van der Waals surface area contributed by atoms with E-state index in [1.165, 1.54) is 19.3 Å². The first-order valence-electron chi connectivity index (χ1n) is 11.3. The van der Waals surface area contributed by atoms with Gasteiger partial charge in [-0.05, 0) is 37.4 Å². The molecule has 0 N–H and O–H groups in total. The highest BCUT2D eigenvalue weighted by atomic mass is 16.2. The van der Waals surface area contributed by atoms with E-state index < -0.39 is 0 Å². The van der Waals surface area contributed by atoms with Crippen molar-refractivity contribution in [1.29, 1.82) is 0 Å². The first-order valence-corrected chi connectivity index (χ1v) is 11.3. The van der Waals surface area contributed by atoms with Crippen LogP contribution in [0.1, 0.15) is 32.1 Å². The Kier molecular flexibility index (Phi) is 7.42. The number of unbranched alkanes of at least 4 members (excludes halogenated alkanes) is 2. The summed E-state index contributed by atoms with van der Waals surface area (Å²) < 4.78 is 0. The lowest BCUT2D eigenvalue weighted by molar-refractivity contribution is -0.131. The predicted octanol–water partition coefficient (Wildman–Crippen LogP) is 1.75. The molecular weight excluding hydrogens is 378 g/mol. The van der Waals surface area contributed by atoms with Crippen LogP contribution in [0.25, 0.3) is 11.4 Å². The monoisotopic (exact) mass is 411 g/mol. The number of carbonyl (C=O) groups is 1. The maximum atomic E-state index is 12.3. The smallest absolute Gasteiger partial charge is 0.236 e. The number of piperazine rings is 1. The van der Waals surface area contributed by atoms with E-state index in [4.69, 9.17) is 0 Å². The third-order valence-corrected chi connectivity index (χ3v) is 6.10. The second kappa shape index (κ2) is 10.6. The van der Waals surface area contributed by atoms with E-state index in [1.807, 2.05) is 35.2 Å². The summed E-state index contributed by atoms with van der Waals surface area (Å²) in [5.74, 6) is 1.01. The van der Waals surface area contributed by atoms with E-state index in [1.54, 1.807) is 4.80 Å². The third-order valence-electron chi connectivity index (χ3n) is 6.10. The Morgan fingerprint density at radius 2 is 1.53 bits per heavy atom. The van der Waals surface area contributed by atoms with Gasteiger partial charge in [0.2, 0.25) is 11.7 Å². The maximum absolute atomic E-state index is 12.3. The highest BCUT2D eigenvalue weighted by molar-refractivity contribution is 5.78. The Morgan fingerprint density at radius 3 is 2.30 bits per heavy atom. The lowest BCUT2D eigenvalue weighted by Crippen LogP contribution is -2.49. The van der Waals surface area contributed by atoms with Gasteiger partial charge in [0.15, 0.2) is 0 Å². The van der Waals surface area contributed by atoms with E-state index in [9.17, 15) is 4.79 Å². The van der Waals surface area contributed by atoms with Crippen LogP contribution in [0.2, 0.25) is 0 Å². The van der Waals surface area contributed by atoms with Crippen LogP contribution in [0.3, 0.4) is 0 Å². The van der Waals surface area contributed by atoms with Crippen LogP contribution >= 0.6 is 0 Å². The molecule has 0 spiro atoms. The zero-order valence-electron chi connectivity index (χ0n) is 17.8. The molecule has 1 aromatic heterocycles. The second-order valence-corrected chi connectivity index (χ2v) is 8.34. The molecule has 2 saturated heterocycles. The number of hydrogen-bond donors (Lipinski definition) is 0. The van der Waals surface area contributed by atoms with Gasteiger partial charge in [-0.2, -0.15) is 4.80 Å². The van der Waals surface area contributed by atoms with Gasteiger partial charge in [0.05, 0.1) is 13.1 Å². The molecule has 0 atom stereocenters. The van der Waals surface area contributed by atoms with Crippen molar-refractivity contribution in [1.82, 2.24) is 34.9 Å². The zero-order valence-corrected chi connectivity index (χ0v) is 17.8. The first-order chi connectivity index (χ1) is 14.8. The topological polar surface area (TPSA) is 70.4 Å². The van der Waals surface area contributed by atoms with E-state index >= 15 is 0 Å². The van der Waals surface area contributed by atoms with Crippen molar-refractivity contribution in [3.05, 3.63) is 30.3 Å². The predicted molar refractivity (Wildman–Crippen MR) is 116 cm³/mol. The number of aromatic nitrogens is 4. The maximum Gasteiger partial charge on any atom is 0.236 e. The van der Waals surface area contributed by atoms with Gasteiger partial charge >= 0.3 is 0 Å². The summed E-state index contributed by atoms with van der Waals surface area (Å²) in [6.45, 7) is 8.60. The quantitative estimate of drug-likeness (QED) is 0.586. The number of tetrazole rings is 1. The summed E-state index contributed by atoms with van der Waals surface area (Å²) >= 11 is 0. The Balaban J connectivity index is 1.07. The minimum Gasteiger partial charge on any atom is -0.342 e. The third kappa shape index (κ3) is 5.86. The molecule has 0 unspecified atom stereocenters. The van der Waals surface area contributed by atoms with E-state index in [-0.39, 0.29) is 0 Å². The highest BCUT2D eigenvalue weighted by Gasteiger charge is 2.23. The van der Waals surface area contributed by atoms with Crippen molar-refractivity contribution in [2.24, 2.45) is 0 Å². The number of benzene rings is 1. The molecular formula is C22H33N7O. The number of nitrogens with zero attached hydrogens (tertiary/aromatic N) is 7. The van der Waals surface area contributed by atoms with Gasteiger partial charge in [-0.25, -0.2) is 0 Å². The van der Waals surface area contributed by atoms with Gasteiger partial charge in [0.1, 0.15) is 0 Å². The average molecular weight is 412 g/mol. The number of amides is 1. The van der Waals surface area contributed by atoms with Crippen molar-refractivity contribution < 1.29 is 4.79 Å². The lowest BCUT2D eigenvalue weighted by atomic mass is 10.2. The standard InChI is InChI=1S/C22H33N7O/c30-21(28-12-7-8-13-28)19-27-17-15-26(16-18-27)11-5-2-6-14-29-24-22(23-25-29)20-9-3-1-4-10-20/h1,3-4,9-10H,2,5-8,11-19H2. The highest BCUT2D eigenvalue weighted by Crippen LogP contribution is 2.12. The molecule has 4 rings (SSSR count). The average Bonchev–Trinajstić information content (AvgIpc) is 3.48. The molecule has 8 heteroatoms. The molecule has 0 saturated carbocycles. The summed E-state index contributed by atoms with van der Waals surface area (Å²) in [7, 11) is 0. The summed E-state index contributed by atoms with van der Waals surface area (Å²) in [5, 5.41) is 12.8. The number of likely N-dealkylation sites (tertiary alicyclic amines) is 1. The summed E-state index contributed by atoms with van der Waals surface area (Å²) in [4.78, 5) is 20.9. The molecule has 30 heavy (non-hydrogen) atoms. The SMILES string of the molecule is O=C(CN1CCN(CCCCCn2nnc(-c3ccccc3)n2)CC1)N1CCCC1. The molecule has 1 aromatic carbocycles. The Hall–Kier alpha value is -2.32. The molecule has 162 valence electrons. The van der Waals surface area contributed by atoms with Crippen molar-refractivity contribution in [2.45, 2.75) is 38.6 Å². The molecule has 2 aliphatic rings. The van der Waals surface area contributed by atoms with Crippen LogP contribution in [0.5, 0.6) is 0 Å². The van der Waals surface area contributed by atoms with Gasteiger partial charge in [-0.1, -0.05) is 36.8 Å². The van der Waals surface area contributed by atoms with Crippen LogP contribution in [0.15, 0.2) is 30.3 Å². The van der Waals surface area contributed by atoms with Crippen molar-refractivity contribution in [2.75, 3.05) is 52.4 Å². The largest absolute Gasteiger partial charge is 0.342 e. The van der Waals surface area contributed by atoms with Crippen LogP contribution in [0, 0.1) is 0 Å². The summed E-state index contributed by atoms with van der Waals surface area (Å²) in [5.41, 5.74) is 1.00. The Bertz CT molecular complexity index is 780. The summed E-state index contributed by atoms with van der Waals surface area (Å²) in [6, 6.07) is 9.97. The van der Waals surface area contributed by atoms with Crippen LogP contribution in [-0.4, -0.2) is 93.2 Å².